The Balaban J connectivity index is 2.12. The van der Waals surface area contributed by atoms with Crippen LogP contribution in [0.4, 0.5) is 10.1 Å². The molecule has 10 nitrogen and oxygen atoms in total. The highest BCUT2D eigenvalue weighted by Gasteiger charge is 2.45. The summed E-state index contributed by atoms with van der Waals surface area (Å²) in [5.41, 5.74) is -0.882. The molecule has 1 atom stereocenters. The van der Waals surface area contributed by atoms with Crippen molar-refractivity contribution >= 4 is 33.2 Å². The maximum absolute atomic E-state index is 14.8. The largest absolute Gasteiger partial charge is 0.491 e. The Morgan fingerprint density at radius 1 is 1.14 bits per heavy atom. The van der Waals surface area contributed by atoms with Gasteiger partial charge in [-0.2, -0.15) is 0 Å². The van der Waals surface area contributed by atoms with Crippen molar-refractivity contribution in [3.63, 3.8) is 0 Å². The molecule has 0 bridgehead atoms. The maximum atomic E-state index is 14.8. The van der Waals surface area contributed by atoms with Crippen molar-refractivity contribution in [2.24, 2.45) is 5.92 Å². The predicted molar refractivity (Wildman–Crippen MR) is 129 cm³/mol. The third kappa shape index (κ3) is 5.64. The third-order valence-electron chi connectivity index (χ3n) is 5.35. The Hall–Kier alpha value is -3.54. The monoisotopic (exact) mass is 521 g/mol. The van der Waals surface area contributed by atoms with E-state index in [4.69, 9.17) is 9.47 Å². The van der Waals surface area contributed by atoms with Crippen molar-refractivity contribution in [2.75, 3.05) is 31.0 Å². The van der Waals surface area contributed by atoms with Crippen molar-refractivity contribution in [1.82, 2.24) is 9.88 Å². The lowest BCUT2D eigenvalue weighted by Crippen LogP contribution is -2.38. The molecule has 2 heterocycles. The lowest BCUT2D eigenvalue weighted by molar-refractivity contribution is -0.116. The molecule has 194 valence electrons. The van der Waals surface area contributed by atoms with Gasteiger partial charge in [0.2, 0.25) is 5.91 Å². The van der Waals surface area contributed by atoms with E-state index in [1.54, 1.807) is 6.92 Å². The van der Waals surface area contributed by atoms with Gasteiger partial charge >= 0.3 is 0 Å². The van der Waals surface area contributed by atoms with E-state index in [0.29, 0.717) is 4.90 Å². The number of methoxy groups -OCH3 is 1. The number of sulfone groups is 1. The van der Waals surface area contributed by atoms with E-state index in [0.717, 1.165) is 12.3 Å². The molecule has 0 fully saturated rings. The first-order valence-electron chi connectivity index (χ1n) is 11.2. The second-order valence-corrected chi connectivity index (χ2v) is 10.9. The van der Waals surface area contributed by atoms with Crippen LogP contribution in [0.5, 0.6) is 11.6 Å². The summed E-state index contributed by atoms with van der Waals surface area (Å²) in [5.74, 6) is -3.70. The number of imide groups is 1. The van der Waals surface area contributed by atoms with E-state index >= 15 is 0 Å². The highest BCUT2D eigenvalue weighted by Crippen LogP contribution is 2.38. The van der Waals surface area contributed by atoms with Crippen molar-refractivity contribution in [3.8, 4) is 11.6 Å². The minimum Gasteiger partial charge on any atom is -0.491 e. The second-order valence-electron chi connectivity index (χ2n) is 8.76. The molecule has 0 aliphatic carbocycles. The van der Waals surface area contributed by atoms with Gasteiger partial charge in [-0.25, -0.2) is 17.8 Å². The number of carbonyl (C=O) groups is 3. The average Bonchev–Trinajstić information content (AvgIpc) is 3.04. The Kier molecular flexibility index (Phi) is 7.97. The van der Waals surface area contributed by atoms with E-state index in [-0.39, 0.29) is 47.5 Å². The lowest BCUT2D eigenvalue weighted by atomic mass is 10.1. The molecule has 3 rings (SSSR count). The first-order chi connectivity index (χ1) is 16.9. The SMILES string of the molecule is CCOc1nc(C(CS(C)(=O)=O)N2C(=O)c3c(F)ccc(NC(=O)CC(C)C)c3C2=O)ccc1OC. The highest BCUT2D eigenvalue weighted by molar-refractivity contribution is 7.90. The van der Waals surface area contributed by atoms with E-state index < -0.39 is 50.7 Å². The molecule has 1 aliphatic heterocycles. The lowest BCUT2D eigenvalue weighted by Gasteiger charge is -2.26. The minimum atomic E-state index is -3.76. The number of pyridine rings is 1. The molecule has 0 saturated heterocycles. The van der Waals surface area contributed by atoms with Crippen molar-refractivity contribution < 1.29 is 36.7 Å². The van der Waals surface area contributed by atoms with Gasteiger partial charge in [0.05, 0.1) is 48.0 Å². The number of hydrogen-bond donors (Lipinski definition) is 1. The zero-order valence-electron chi connectivity index (χ0n) is 20.6. The van der Waals surface area contributed by atoms with Crippen LogP contribution in [-0.2, 0) is 14.6 Å². The molecule has 1 unspecified atom stereocenters. The normalized spacial score (nSPS) is 14.1. The van der Waals surface area contributed by atoms with Crippen LogP contribution in [0.2, 0.25) is 0 Å². The van der Waals surface area contributed by atoms with Gasteiger partial charge in [-0.1, -0.05) is 13.8 Å². The molecule has 1 N–H and O–H groups in total. The molecule has 1 aliphatic rings. The van der Waals surface area contributed by atoms with Gasteiger partial charge in [-0.05, 0) is 37.1 Å². The van der Waals surface area contributed by atoms with Gasteiger partial charge < -0.3 is 14.8 Å². The Bertz CT molecular complexity index is 1310. The first-order valence-corrected chi connectivity index (χ1v) is 13.3. The Morgan fingerprint density at radius 3 is 2.39 bits per heavy atom. The molecule has 12 heteroatoms. The van der Waals surface area contributed by atoms with Crippen LogP contribution >= 0.6 is 0 Å². The number of anilines is 1. The number of nitrogens with zero attached hydrogens (tertiary/aromatic N) is 2. The summed E-state index contributed by atoms with van der Waals surface area (Å²) in [6.07, 6.45) is 1.09. The number of halogens is 1. The van der Waals surface area contributed by atoms with Crippen LogP contribution in [0.3, 0.4) is 0 Å². The maximum Gasteiger partial charge on any atom is 0.265 e. The molecular formula is C24H28FN3O7S. The van der Waals surface area contributed by atoms with Gasteiger partial charge in [0, 0.05) is 12.7 Å². The molecule has 0 spiro atoms. The Labute approximate surface area is 208 Å². The summed E-state index contributed by atoms with van der Waals surface area (Å²) in [6, 6.07) is 3.66. The number of fused-ring (bicyclic) bond motifs is 1. The topological polar surface area (TPSA) is 132 Å². The van der Waals surface area contributed by atoms with Crippen LogP contribution in [0, 0.1) is 11.7 Å². The van der Waals surface area contributed by atoms with Crippen molar-refractivity contribution in [1.29, 1.82) is 0 Å². The van der Waals surface area contributed by atoms with Crippen LogP contribution < -0.4 is 14.8 Å². The zero-order chi connectivity index (χ0) is 26.8. The molecule has 1 aromatic heterocycles. The van der Waals surface area contributed by atoms with Gasteiger partial charge in [-0.15, -0.1) is 0 Å². The molecule has 3 amide bonds. The van der Waals surface area contributed by atoms with Gasteiger partial charge in [-0.3, -0.25) is 19.3 Å². The number of aromatic nitrogens is 1. The molecule has 0 saturated carbocycles. The summed E-state index contributed by atoms with van der Waals surface area (Å²) < 4.78 is 50.1. The van der Waals surface area contributed by atoms with E-state index in [9.17, 15) is 27.2 Å². The van der Waals surface area contributed by atoms with Crippen LogP contribution in [-0.4, -0.2) is 61.7 Å². The Morgan fingerprint density at radius 2 is 1.81 bits per heavy atom. The molecule has 2 aromatic rings. The highest BCUT2D eigenvalue weighted by atomic mass is 32.2. The fraction of sp³-hybridized carbons (Fsp3) is 0.417. The number of carbonyl (C=O) groups excluding carboxylic acids is 3. The number of nitrogens with one attached hydrogen (secondary N) is 1. The number of amides is 3. The average molecular weight is 522 g/mol. The van der Waals surface area contributed by atoms with Crippen molar-refractivity contribution in [2.45, 2.75) is 33.2 Å². The van der Waals surface area contributed by atoms with E-state index in [1.165, 1.54) is 25.3 Å². The third-order valence-corrected chi connectivity index (χ3v) is 6.27. The standard InChI is InChI=1S/C24H28FN3O7S/c1-6-35-22-18(34-4)10-9-15(27-22)17(12-36(5,32)33)28-23(30)20-14(25)7-8-16(21(20)24(28)31)26-19(29)11-13(2)3/h7-10,13,17H,6,11-12H2,1-5H3,(H,26,29). The molecular weight excluding hydrogens is 493 g/mol. The van der Waals surface area contributed by atoms with Crippen LogP contribution in [0.15, 0.2) is 24.3 Å². The molecule has 0 radical (unpaired) electrons. The zero-order valence-corrected chi connectivity index (χ0v) is 21.4. The summed E-state index contributed by atoms with van der Waals surface area (Å²) in [4.78, 5) is 44.2. The summed E-state index contributed by atoms with van der Waals surface area (Å²) >= 11 is 0. The van der Waals surface area contributed by atoms with E-state index in [1.807, 2.05) is 13.8 Å². The quantitative estimate of drug-likeness (QED) is 0.472. The smallest absolute Gasteiger partial charge is 0.265 e. The van der Waals surface area contributed by atoms with Crippen LogP contribution in [0.1, 0.15) is 59.6 Å². The number of rotatable bonds is 10. The van der Waals surface area contributed by atoms with Crippen LogP contribution in [0.25, 0.3) is 0 Å². The van der Waals surface area contributed by atoms with Gasteiger partial charge in [0.25, 0.3) is 17.7 Å². The number of ether oxygens (including phenoxy) is 2. The number of benzene rings is 1. The molecule has 1 aromatic carbocycles. The summed E-state index contributed by atoms with van der Waals surface area (Å²) in [7, 11) is -2.36. The van der Waals surface area contributed by atoms with E-state index in [2.05, 4.69) is 10.3 Å². The van der Waals surface area contributed by atoms with Crippen molar-refractivity contribution in [3.05, 3.63) is 46.9 Å². The molecule has 36 heavy (non-hydrogen) atoms. The first kappa shape index (κ1) is 27.1. The summed E-state index contributed by atoms with van der Waals surface area (Å²) in [6.45, 7) is 5.60. The van der Waals surface area contributed by atoms with Gasteiger partial charge in [0.1, 0.15) is 15.7 Å². The van der Waals surface area contributed by atoms with Gasteiger partial charge in [0.15, 0.2) is 5.75 Å². The fourth-order valence-electron chi connectivity index (χ4n) is 3.90. The summed E-state index contributed by atoms with van der Waals surface area (Å²) in [5, 5.41) is 2.56. The number of hydrogen-bond acceptors (Lipinski definition) is 8. The fourth-order valence-corrected chi connectivity index (χ4v) is 4.80. The predicted octanol–water partition coefficient (Wildman–Crippen LogP) is 2.99. The minimum absolute atomic E-state index is 0.0205. The second kappa shape index (κ2) is 10.6.